The predicted molar refractivity (Wildman–Crippen MR) is 151 cm³/mol. The van der Waals surface area contributed by atoms with Crippen molar-refractivity contribution in [3.63, 3.8) is 0 Å². The Labute approximate surface area is 230 Å². The molecule has 5 heteroatoms. The van der Waals surface area contributed by atoms with Crippen LogP contribution in [-0.2, 0) is 19.3 Å². The molecule has 1 aromatic carbocycles. The summed E-state index contributed by atoms with van der Waals surface area (Å²) in [6, 6.07) is 9.06. The van der Waals surface area contributed by atoms with Crippen molar-refractivity contribution in [2.75, 3.05) is 12.4 Å². The number of fused-ring (bicyclic) bond motifs is 5. The molecule has 38 heavy (non-hydrogen) atoms. The second-order valence-electron chi connectivity index (χ2n) is 13.9. The average molecular weight is 541 g/mol. The molecule has 9 atom stereocenters. The molecule has 2 unspecified atom stereocenters. The van der Waals surface area contributed by atoms with Gasteiger partial charge in [-0.1, -0.05) is 50.6 Å². The van der Waals surface area contributed by atoms with Crippen molar-refractivity contribution in [1.82, 2.24) is 0 Å². The first-order chi connectivity index (χ1) is 18.2. The van der Waals surface area contributed by atoms with E-state index in [-0.39, 0.29) is 23.4 Å². The summed E-state index contributed by atoms with van der Waals surface area (Å²) in [4.78, 5) is 0.475. The van der Waals surface area contributed by atoms with Gasteiger partial charge in [-0.05, 0) is 123 Å². The molecule has 4 aliphatic carbocycles. The van der Waals surface area contributed by atoms with E-state index in [2.05, 4.69) is 26.8 Å². The summed E-state index contributed by atoms with van der Waals surface area (Å²) in [6.45, 7) is 8.14. The third-order valence-corrected chi connectivity index (χ3v) is 13.8. The van der Waals surface area contributed by atoms with E-state index in [1.54, 1.807) is 17.7 Å². The lowest BCUT2D eigenvalue weighted by atomic mass is 9.47. The normalized spacial score (nSPS) is 41.9. The molecule has 5 aliphatic rings. The number of sulfone groups is 1. The van der Waals surface area contributed by atoms with E-state index >= 15 is 0 Å². The minimum atomic E-state index is -3.26. The molecule has 4 nitrogen and oxygen atoms in total. The van der Waals surface area contributed by atoms with Crippen molar-refractivity contribution in [3.05, 3.63) is 42.0 Å². The van der Waals surface area contributed by atoms with E-state index in [9.17, 15) is 8.42 Å². The highest BCUT2D eigenvalue weighted by molar-refractivity contribution is 7.91. The van der Waals surface area contributed by atoms with Gasteiger partial charge in [-0.2, -0.15) is 0 Å². The summed E-state index contributed by atoms with van der Waals surface area (Å²) in [5, 5.41) is 0. The van der Waals surface area contributed by atoms with Crippen molar-refractivity contribution < 1.29 is 17.9 Å². The van der Waals surface area contributed by atoms with Gasteiger partial charge in [0, 0.05) is 6.61 Å². The lowest BCUT2D eigenvalue weighted by molar-refractivity contribution is -0.195. The second kappa shape index (κ2) is 10.3. The van der Waals surface area contributed by atoms with Crippen LogP contribution in [0.3, 0.4) is 0 Å². The predicted octanol–water partition coefficient (Wildman–Crippen LogP) is 7.59. The minimum absolute atomic E-state index is 0.00792. The fourth-order valence-corrected chi connectivity index (χ4v) is 11.6. The van der Waals surface area contributed by atoms with Crippen LogP contribution in [0.1, 0.15) is 91.4 Å². The molecule has 0 radical (unpaired) electrons. The quantitative estimate of drug-likeness (QED) is 0.349. The van der Waals surface area contributed by atoms with E-state index in [1.165, 1.54) is 51.4 Å². The number of benzene rings is 1. The number of ether oxygens (including phenoxy) is 2. The second-order valence-corrected chi connectivity index (χ2v) is 15.9. The SMILES string of the molecule is C[C@H](CS(=O)(=O)c1ccccc1)[C@H]1CC[C@H]2[C@@H]3CC=C4CC(OC5CCCCO5)CC[C@]4(C)[C@H]3CC[C@]12C. The van der Waals surface area contributed by atoms with Crippen molar-refractivity contribution in [3.8, 4) is 0 Å². The van der Waals surface area contributed by atoms with Gasteiger partial charge in [0.2, 0.25) is 0 Å². The van der Waals surface area contributed by atoms with Crippen molar-refractivity contribution in [1.29, 1.82) is 0 Å². The molecular formula is C33H48O4S. The molecule has 0 amide bonds. The summed E-state index contributed by atoms with van der Waals surface area (Å²) >= 11 is 0. The molecule has 1 aliphatic heterocycles. The molecule has 1 heterocycles. The Morgan fingerprint density at radius 1 is 1.00 bits per heavy atom. The van der Waals surface area contributed by atoms with Crippen LogP contribution in [0.2, 0.25) is 0 Å². The van der Waals surface area contributed by atoms with Crippen LogP contribution in [0.5, 0.6) is 0 Å². The number of hydrogen-bond acceptors (Lipinski definition) is 4. The number of rotatable bonds is 6. The van der Waals surface area contributed by atoms with Gasteiger partial charge in [0.15, 0.2) is 16.1 Å². The highest BCUT2D eigenvalue weighted by atomic mass is 32.2. The lowest BCUT2D eigenvalue weighted by Gasteiger charge is -2.58. The third-order valence-electron chi connectivity index (χ3n) is 11.9. The van der Waals surface area contributed by atoms with Crippen LogP contribution in [0.15, 0.2) is 46.9 Å². The summed E-state index contributed by atoms with van der Waals surface area (Å²) < 4.78 is 38.8. The molecule has 6 rings (SSSR count). The molecule has 1 aromatic rings. The van der Waals surface area contributed by atoms with Crippen molar-refractivity contribution in [2.45, 2.75) is 109 Å². The molecule has 3 saturated carbocycles. The van der Waals surface area contributed by atoms with Crippen LogP contribution in [-0.4, -0.2) is 33.2 Å². The fourth-order valence-electron chi connectivity index (χ4n) is 9.94. The fraction of sp³-hybridized carbons (Fsp3) is 0.758. The summed E-state index contributed by atoms with van der Waals surface area (Å²) in [7, 11) is -3.26. The van der Waals surface area contributed by atoms with Crippen LogP contribution >= 0.6 is 0 Å². The first-order valence-electron chi connectivity index (χ1n) is 15.4. The number of allylic oxidation sites excluding steroid dienone is 1. The topological polar surface area (TPSA) is 52.6 Å². The lowest BCUT2D eigenvalue weighted by Crippen LogP contribution is -2.51. The highest BCUT2D eigenvalue weighted by Crippen LogP contribution is 2.67. The molecule has 0 spiro atoms. The van der Waals surface area contributed by atoms with E-state index in [0.717, 1.165) is 37.7 Å². The van der Waals surface area contributed by atoms with E-state index in [0.29, 0.717) is 28.3 Å². The Morgan fingerprint density at radius 2 is 1.82 bits per heavy atom. The van der Waals surface area contributed by atoms with Crippen molar-refractivity contribution in [2.24, 2.45) is 40.4 Å². The maximum absolute atomic E-state index is 13.2. The Bertz CT molecular complexity index is 1120. The van der Waals surface area contributed by atoms with Crippen LogP contribution < -0.4 is 0 Å². The Hall–Kier alpha value is -1.17. The molecule has 0 N–H and O–H groups in total. The summed E-state index contributed by atoms with van der Waals surface area (Å²) in [5.74, 6) is 3.16. The van der Waals surface area contributed by atoms with Gasteiger partial charge in [-0.25, -0.2) is 8.42 Å². The smallest absolute Gasteiger partial charge is 0.178 e. The van der Waals surface area contributed by atoms with Gasteiger partial charge >= 0.3 is 0 Å². The largest absolute Gasteiger partial charge is 0.353 e. The van der Waals surface area contributed by atoms with E-state index in [4.69, 9.17) is 9.47 Å². The monoisotopic (exact) mass is 540 g/mol. The minimum Gasteiger partial charge on any atom is -0.353 e. The Kier molecular flexibility index (Phi) is 7.35. The zero-order valence-corrected chi connectivity index (χ0v) is 24.6. The van der Waals surface area contributed by atoms with Gasteiger partial charge in [-0.15, -0.1) is 0 Å². The number of hydrogen-bond donors (Lipinski definition) is 0. The maximum atomic E-state index is 13.2. The van der Waals surface area contributed by atoms with Crippen LogP contribution in [0.4, 0.5) is 0 Å². The zero-order chi connectivity index (χ0) is 26.5. The molecule has 1 saturated heterocycles. The van der Waals surface area contributed by atoms with E-state index in [1.807, 2.05) is 18.2 Å². The molecule has 4 fully saturated rings. The molecule has 0 bridgehead atoms. The first-order valence-corrected chi connectivity index (χ1v) is 17.1. The van der Waals surface area contributed by atoms with Gasteiger partial charge in [0.25, 0.3) is 0 Å². The summed E-state index contributed by atoms with van der Waals surface area (Å²) in [5.41, 5.74) is 2.22. The van der Waals surface area contributed by atoms with Crippen molar-refractivity contribution >= 4 is 9.84 Å². The van der Waals surface area contributed by atoms with Crippen LogP contribution in [0, 0.1) is 40.4 Å². The van der Waals surface area contributed by atoms with Gasteiger partial charge in [-0.3, -0.25) is 0 Å². The maximum Gasteiger partial charge on any atom is 0.178 e. The standard InChI is InChI=1S/C33H48O4S/c1-23(22-38(34,35)26-9-5-4-6-10-26)28-14-15-29-27-13-12-24-21-25(37-31-11-7-8-20-36-31)16-18-32(24,2)30(27)17-19-33(28,29)3/h4-6,9-10,12,23,25,27-31H,7-8,11,13-22H2,1-3H3/t23-,25?,27+,28-,29+,30+,31?,32+,33-/m1/s1. The molecular weight excluding hydrogens is 492 g/mol. The Balaban J connectivity index is 1.15. The first kappa shape index (κ1) is 27.0. The Morgan fingerprint density at radius 3 is 2.58 bits per heavy atom. The van der Waals surface area contributed by atoms with Gasteiger partial charge in [0.05, 0.1) is 16.8 Å². The highest BCUT2D eigenvalue weighted by Gasteiger charge is 2.59. The molecule has 210 valence electrons. The van der Waals surface area contributed by atoms with Gasteiger partial charge in [0.1, 0.15) is 0 Å². The zero-order valence-electron chi connectivity index (χ0n) is 23.7. The summed E-state index contributed by atoms with van der Waals surface area (Å²) in [6.07, 6.45) is 16.0. The van der Waals surface area contributed by atoms with Crippen LogP contribution in [0.25, 0.3) is 0 Å². The van der Waals surface area contributed by atoms with Gasteiger partial charge < -0.3 is 9.47 Å². The molecule has 0 aromatic heterocycles. The third kappa shape index (κ3) is 4.73. The average Bonchev–Trinajstić information content (AvgIpc) is 3.27. The van der Waals surface area contributed by atoms with E-state index < -0.39 is 9.84 Å².